The van der Waals surface area contributed by atoms with Crippen molar-refractivity contribution in [2.24, 2.45) is 5.92 Å². The minimum Gasteiger partial charge on any atom is -0.385 e. The van der Waals surface area contributed by atoms with Crippen molar-refractivity contribution in [2.45, 2.75) is 12.8 Å². The van der Waals surface area contributed by atoms with Gasteiger partial charge in [0.05, 0.1) is 0 Å². The molecule has 1 aromatic rings. The largest absolute Gasteiger partial charge is 0.385 e. The van der Waals surface area contributed by atoms with Crippen molar-refractivity contribution in [3.8, 4) is 0 Å². The Bertz CT molecular complexity index is 268. The molecule has 0 bridgehead atoms. The van der Waals surface area contributed by atoms with Crippen LogP contribution in [0.2, 0.25) is 0 Å². The van der Waals surface area contributed by atoms with E-state index in [4.69, 9.17) is 0 Å². The molecule has 0 atom stereocenters. The lowest BCUT2D eigenvalue weighted by Gasteiger charge is -2.04. The lowest BCUT2D eigenvalue weighted by molar-refractivity contribution is 0.889. The van der Waals surface area contributed by atoms with Crippen LogP contribution in [0.1, 0.15) is 12.8 Å². The molecule has 0 unspecified atom stereocenters. The number of nitrogens with one attached hydrogen (secondary N) is 1. The summed E-state index contributed by atoms with van der Waals surface area (Å²) in [6.07, 6.45) is 2.81. The van der Waals surface area contributed by atoms with Crippen molar-refractivity contribution in [1.29, 1.82) is 0 Å². The zero-order chi connectivity index (χ0) is 8.39. The van der Waals surface area contributed by atoms with E-state index in [9.17, 15) is 0 Å². The zero-order valence-electron chi connectivity index (χ0n) is 6.89. The van der Waals surface area contributed by atoms with Crippen LogP contribution in [-0.4, -0.2) is 6.54 Å². The molecule has 0 spiro atoms. The summed E-state index contributed by atoms with van der Waals surface area (Å²) in [4.78, 5) is 0. The summed E-state index contributed by atoms with van der Waals surface area (Å²) in [5, 5.41) is 3.42. The van der Waals surface area contributed by atoms with Gasteiger partial charge >= 0.3 is 0 Å². The molecule has 0 radical (unpaired) electrons. The van der Waals surface area contributed by atoms with Gasteiger partial charge in [0, 0.05) is 16.7 Å². The van der Waals surface area contributed by atoms with Crippen LogP contribution in [0.15, 0.2) is 28.7 Å². The van der Waals surface area contributed by atoms with E-state index < -0.39 is 0 Å². The van der Waals surface area contributed by atoms with E-state index in [1.54, 1.807) is 0 Å². The Morgan fingerprint density at radius 1 is 1.42 bits per heavy atom. The fraction of sp³-hybridized carbons (Fsp3) is 0.400. The number of benzene rings is 1. The minimum atomic E-state index is 0.934. The molecule has 1 aromatic carbocycles. The van der Waals surface area contributed by atoms with E-state index >= 15 is 0 Å². The second-order valence-corrected chi connectivity index (χ2v) is 4.25. The van der Waals surface area contributed by atoms with Gasteiger partial charge in [0.25, 0.3) is 0 Å². The van der Waals surface area contributed by atoms with E-state index in [-0.39, 0.29) is 0 Å². The molecule has 1 fully saturated rings. The molecule has 64 valence electrons. The Morgan fingerprint density at radius 2 is 2.25 bits per heavy atom. The van der Waals surface area contributed by atoms with Gasteiger partial charge in [-0.05, 0) is 37.0 Å². The Balaban J connectivity index is 1.92. The molecule has 0 heterocycles. The smallest absolute Gasteiger partial charge is 0.0351 e. The molecular weight excluding hydrogens is 214 g/mol. The molecule has 2 rings (SSSR count). The van der Waals surface area contributed by atoms with Crippen molar-refractivity contribution >= 4 is 21.6 Å². The molecule has 2 heteroatoms. The molecule has 12 heavy (non-hydrogen) atoms. The van der Waals surface area contributed by atoms with Gasteiger partial charge in [0.2, 0.25) is 0 Å². The number of anilines is 1. The molecule has 0 aromatic heterocycles. The van der Waals surface area contributed by atoms with Gasteiger partial charge in [-0.2, -0.15) is 0 Å². The molecular formula is C10H12BrN. The Labute approximate surface area is 81.3 Å². The van der Waals surface area contributed by atoms with Crippen LogP contribution >= 0.6 is 15.9 Å². The van der Waals surface area contributed by atoms with Crippen LogP contribution in [0, 0.1) is 5.92 Å². The van der Waals surface area contributed by atoms with Gasteiger partial charge < -0.3 is 5.32 Å². The van der Waals surface area contributed by atoms with Crippen molar-refractivity contribution in [1.82, 2.24) is 0 Å². The summed E-state index contributed by atoms with van der Waals surface area (Å²) in [5.41, 5.74) is 1.22. The highest BCUT2D eigenvalue weighted by Crippen LogP contribution is 2.29. The second kappa shape index (κ2) is 3.48. The van der Waals surface area contributed by atoms with Crippen molar-refractivity contribution in [2.75, 3.05) is 11.9 Å². The Kier molecular flexibility index (Phi) is 2.35. The van der Waals surface area contributed by atoms with Gasteiger partial charge in [-0.25, -0.2) is 0 Å². The molecule has 0 saturated heterocycles. The third-order valence-electron chi connectivity index (χ3n) is 2.12. The number of hydrogen-bond donors (Lipinski definition) is 1. The lowest BCUT2D eigenvalue weighted by atomic mass is 10.3. The SMILES string of the molecule is Brc1cccc(NCC2CC2)c1. The van der Waals surface area contributed by atoms with Crippen LogP contribution in [-0.2, 0) is 0 Å². The number of rotatable bonds is 3. The Morgan fingerprint density at radius 3 is 2.92 bits per heavy atom. The molecule has 1 aliphatic rings. The third kappa shape index (κ3) is 2.24. The maximum absolute atomic E-state index is 3.44. The van der Waals surface area contributed by atoms with E-state index in [0.29, 0.717) is 0 Å². The van der Waals surface area contributed by atoms with Gasteiger partial charge in [0.15, 0.2) is 0 Å². The molecule has 1 saturated carbocycles. The average molecular weight is 226 g/mol. The summed E-state index contributed by atoms with van der Waals surface area (Å²) in [5.74, 6) is 0.934. The van der Waals surface area contributed by atoms with Gasteiger partial charge in [-0.3, -0.25) is 0 Å². The topological polar surface area (TPSA) is 12.0 Å². The van der Waals surface area contributed by atoms with Gasteiger partial charge in [0.1, 0.15) is 0 Å². The first kappa shape index (κ1) is 8.11. The summed E-state index contributed by atoms with van der Waals surface area (Å²) < 4.78 is 1.14. The van der Waals surface area contributed by atoms with E-state index in [1.165, 1.54) is 18.5 Å². The van der Waals surface area contributed by atoms with Crippen LogP contribution in [0.25, 0.3) is 0 Å². The summed E-state index contributed by atoms with van der Waals surface area (Å²) >= 11 is 3.44. The van der Waals surface area contributed by atoms with E-state index in [0.717, 1.165) is 16.9 Å². The predicted octanol–water partition coefficient (Wildman–Crippen LogP) is 3.27. The highest BCUT2D eigenvalue weighted by atomic mass is 79.9. The van der Waals surface area contributed by atoms with Crippen LogP contribution in [0.3, 0.4) is 0 Å². The maximum atomic E-state index is 3.44. The quantitative estimate of drug-likeness (QED) is 0.833. The van der Waals surface area contributed by atoms with Crippen LogP contribution in [0.5, 0.6) is 0 Å². The first-order valence-corrected chi connectivity index (χ1v) is 5.13. The Hall–Kier alpha value is -0.500. The maximum Gasteiger partial charge on any atom is 0.0351 e. The standard InChI is InChI=1S/C10H12BrN/c11-9-2-1-3-10(6-9)12-7-8-4-5-8/h1-3,6,8,12H,4-5,7H2. The second-order valence-electron chi connectivity index (χ2n) is 3.33. The lowest BCUT2D eigenvalue weighted by Crippen LogP contribution is -2.02. The monoisotopic (exact) mass is 225 g/mol. The molecule has 0 aliphatic heterocycles. The fourth-order valence-electron chi connectivity index (χ4n) is 1.18. The highest BCUT2D eigenvalue weighted by molar-refractivity contribution is 9.10. The van der Waals surface area contributed by atoms with Crippen LogP contribution in [0.4, 0.5) is 5.69 Å². The summed E-state index contributed by atoms with van der Waals surface area (Å²) in [6, 6.07) is 8.32. The fourth-order valence-corrected chi connectivity index (χ4v) is 1.58. The van der Waals surface area contributed by atoms with Gasteiger partial charge in [-0.15, -0.1) is 0 Å². The number of halogens is 1. The van der Waals surface area contributed by atoms with Crippen molar-refractivity contribution in [3.05, 3.63) is 28.7 Å². The summed E-state index contributed by atoms with van der Waals surface area (Å²) in [6.45, 7) is 1.14. The zero-order valence-corrected chi connectivity index (χ0v) is 8.47. The molecule has 1 aliphatic carbocycles. The molecule has 0 amide bonds. The predicted molar refractivity (Wildman–Crippen MR) is 55.4 cm³/mol. The van der Waals surface area contributed by atoms with Crippen molar-refractivity contribution in [3.63, 3.8) is 0 Å². The summed E-state index contributed by atoms with van der Waals surface area (Å²) in [7, 11) is 0. The van der Waals surface area contributed by atoms with E-state index in [2.05, 4.69) is 39.4 Å². The van der Waals surface area contributed by atoms with Crippen molar-refractivity contribution < 1.29 is 0 Å². The number of hydrogen-bond acceptors (Lipinski definition) is 1. The highest BCUT2D eigenvalue weighted by Gasteiger charge is 2.20. The molecule has 1 N–H and O–H groups in total. The van der Waals surface area contributed by atoms with E-state index in [1.807, 2.05) is 6.07 Å². The minimum absolute atomic E-state index is 0.934. The normalized spacial score (nSPS) is 16.1. The molecule has 1 nitrogen and oxygen atoms in total. The first-order valence-electron chi connectivity index (χ1n) is 4.34. The third-order valence-corrected chi connectivity index (χ3v) is 2.61. The van der Waals surface area contributed by atoms with Gasteiger partial charge in [-0.1, -0.05) is 22.0 Å². The van der Waals surface area contributed by atoms with Crippen LogP contribution < -0.4 is 5.32 Å². The average Bonchev–Trinajstić information content (AvgIpc) is 2.84. The first-order chi connectivity index (χ1) is 5.84.